The van der Waals surface area contributed by atoms with Crippen LogP contribution in [-0.4, -0.2) is 64.8 Å². The second-order valence-corrected chi connectivity index (χ2v) is 7.95. The van der Waals surface area contributed by atoms with Gasteiger partial charge in [0.1, 0.15) is 11.5 Å². The number of likely N-dealkylation sites (tertiary alicyclic amines) is 1. The number of hydrogen-bond donors (Lipinski definition) is 1. The molecule has 2 aromatic carbocycles. The SMILES string of the molecule is CCN(CC)CCCN1C(=O)C(=O)/C(=C(\O)c2cccc(OC)c2)C1c1ccc([N+](=O)[O-])cc1. The molecule has 1 N–H and O–H groups in total. The largest absolute Gasteiger partial charge is 0.507 e. The highest BCUT2D eigenvalue weighted by atomic mass is 16.6. The number of methoxy groups -OCH3 is 1. The number of nitrogens with zero attached hydrogens (tertiary/aromatic N) is 3. The highest BCUT2D eigenvalue weighted by Crippen LogP contribution is 2.40. The smallest absolute Gasteiger partial charge is 0.295 e. The van der Waals surface area contributed by atoms with E-state index >= 15 is 0 Å². The van der Waals surface area contributed by atoms with E-state index in [2.05, 4.69) is 18.7 Å². The van der Waals surface area contributed by atoms with Crippen LogP contribution in [0.1, 0.15) is 37.4 Å². The highest BCUT2D eigenvalue weighted by Gasteiger charge is 2.45. The molecule has 0 aromatic heterocycles. The molecule has 2 aromatic rings. The molecule has 1 amide bonds. The third kappa shape index (κ3) is 5.09. The minimum Gasteiger partial charge on any atom is -0.507 e. The second-order valence-electron chi connectivity index (χ2n) is 7.95. The molecule has 1 atom stereocenters. The summed E-state index contributed by atoms with van der Waals surface area (Å²) in [5, 5.41) is 22.2. The third-order valence-electron chi connectivity index (χ3n) is 6.07. The lowest BCUT2D eigenvalue weighted by Crippen LogP contribution is -2.33. The molecule has 9 heteroatoms. The van der Waals surface area contributed by atoms with Crippen molar-refractivity contribution in [3.8, 4) is 5.75 Å². The lowest BCUT2D eigenvalue weighted by Gasteiger charge is -2.26. The van der Waals surface area contributed by atoms with Crippen LogP contribution < -0.4 is 4.74 Å². The zero-order valence-electron chi connectivity index (χ0n) is 19.6. The van der Waals surface area contributed by atoms with Crippen LogP contribution in [0, 0.1) is 10.1 Å². The summed E-state index contributed by atoms with van der Waals surface area (Å²) in [5.74, 6) is -1.31. The van der Waals surface area contributed by atoms with E-state index in [4.69, 9.17) is 4.74 Å². The maximum absolute atomic E-state index is 13.1. The minimum absolute atomic E-state index is 0.0463. The van der Waals surface area contributed by atoms with E-state index in [-0.39, 0.29) is 17.0 Å². The van der Waals surface area contributed by atoms with Gasteiger partial charge in [0.2, 0.25) is 0 Å². The van der Waals surface area contributed by atoms with Crippen LogP contribution in [0.4, 0.5) is 5.69 Å². The van der Waals surface area contributed by atoms with Gasteiger partial charge < -0.3 is 19.6 Å². The fourth-order valence-corrected chi connectivity index (χ4v) is 4.17. The van der Waals surface area contributed by atoms with E-state index in [9.17, 15) is 24.8 Å². The van der Waals surface area contributed by atoms with E-state index in [0.717, 1.165) is 19.6 Å². The van der Waals surface area contributed by atoms with E-state index in [0.29, 0.717) is 29.8 Å². The Morgan fingerprint density at radius 1 is 1.15 bits per heavy atom. The lowest BCUT2D eigenvalue weighted by atomic mass is 9.95. The summed E-state index contributed by atoms with van der Waals surface area (Å²) in [6.07, 6.45) is 0.636. The summed E-state index contributed by atoms with van der Waals surface area (Å²) in [5.41, 5.74) is 0.703. The number of aliphatic hydroxyl groups is 1. The average Bonchev–Trinajstić information content (AvgIpc) is 3.11. The summed E-state index contributed by atoms with van der Waals surface area (Å²) in [4.78, 5) is 40.4. The number of Topliss-reactive ketones (excluding diaryl/α,β-unsaturated/α-hetero) is 1. The van der Waals surface area contributed by atoms with Crippen LogP contribution in [0.2, 0.25) is 0 Å². The zero-order valence-corrected chi connectivity index (χ0v) is 19.6. The van der Waals surface area contributed by atoms with Gasteiger partial charge in [-0.05, 0) is 55.9 Å². The first-order valence-corrected chi connectivity index (χ1v) is 11.2. The molecule has 3 rings (SSSR count). The number of ether oxygens (including phenoxy) is 1. The topological polar surface area (TPSA) is 113 Å². The van der Waals surface area contributed by atoms with Crippen molar-refractivity contribution >= 4 is 23.1 Å². The summed E-state index contributed by atoms with van der Waals surface area (Å²) in [7, 11) is 1.49. The molecule has 34 heavy (non-hydrogen) atoms. The van der Waals surface area contributed by atoms with Crippen LogP contribution in [-0.2, 0) is 9.59 Å². The highest BCUT2D eigenvalue weighted by molar-refractivity contribution is 6.46. The van der Waals surface area contributed by atoms with Gasteiger partial charge in [0.25, 0.3) is 17.4 Å². The first kappa shape index (κ1) is 24.9. The van der Waals surface area contributed by atoms with Gasteiger partial charge in [-0.3, -0.25) is 19.7 Å². The summed E-state index contributed by atoms with van der Waals surface area (Å²) in [6, 6.07) is 11.4. The van der Waals surface area contributed by atoms with Crippen LogP contribution in [0.25, 0.3) is 5.76 Å². The van der Waals surface area contributed by atoms with E-state index < -0.39 is 22.7 Å². The third-order valence-corrected chi connectivity index (χ3v) is 6.07. The Kier molecular flexibility index (Phi) is 8.01. The maximum atomic E-state index is 13.1. The number of rotatable bonds is 10. The zero-order chi connectivity index (χ0) is 24.8. The standard InChI is InChI=1S/C25H29N3O6/c1-4-26(5-2)14-7-15-27-22(17-10-12-19(13-11-17)28(32)33)21(24(30)25(27)31)23(29)18-8-6-9-20(16-18)34-3/h6,8-13,16,22,29H,4-5,7,14-15H2,1-3H3/b23-21-. The van der Waals surface area contributed by atoms with Crippen LogP contribution in [0.15, 0.2) is 54.1 Å². The molecule has 0 spiro atoms. The quantitative estimate of drug-likeness (QED) is 0.186. The molecule has 1 fully saturated rings. The van der Waals surface area contributed by atoms with Gasteiger partial charge in [-0.1, -0.05) is 26.0 Å². The molecule has 0 aliphatic carbocycles. The van der Waals surface area contributed by atoms with Crippen molar-refractivity contribution < 1.29 is 24.4 Å². The Morgan fingerprint density at radius 3 is 2.41 bits per heavy atom. The molecule has 1 aliphatic rings. The number of non-ortho nitro benzene ring substituents is 1. The number of ketones is 1. The first-order chi connectivity index (χ1) is 16.3. The monoisotopic (exact) mass is 467 g/mol. The Balaban J connectivity index is 2.06. The number of carbonyl (C=O) groups excluding carboxylic acids is 2. The van der Waals surface area contributed by atoms with Crippen molar-refractivity contribution in [2.45, 2.75) is 26.3 Å². The molecule has 0 radical (unpaired) electrons. The Bertz CT molecular complexity index is 1090. The van der Waals surface area contributed by atoms with E-state index in [1.165, 1.54) is 36.3 Å². The van der Waals surface area contributed by atoms with E-state index in [1.54, 1.807) is 24.3 Å². The molecule has 0 saturated carbocycles. The molecule has 180 valence electrons. The van der Waals surface area contributed by atoms with Gasteiger partial charge >= 0.3 is 0 Å². The first-order valence-electron chi connectivity index (χ1n) is 11.2. The molecular formula is C25H29N3O6. The number of benzene rings is 2. The van der Waals surface area contributed by atoms with Crippen molar-refractivity contribution in [2.75, 3.05) is 33.3 Å². The predicted molar refractivity (Wildman–Crippen MR) is 128 cm³/mol. The molecule has 1 unspecified atom stereocenters. The Labute approximate surface area is 198 Å². The van der Waals surface area contributed by atoms with Crippen LogP contribution in [0.5, 0.6) is 5.75 Å². The second kappa shape index (κ2) is 10.9. The van der Waals surface area contributed by atoms with Crippen molar-refractivity contribution in [3.63, 3.8) is 0 Å². The summed E-state index contributed by atoms with van der Waals surface area (Å²) >= 11 is 0. The van der Waals surface area contributed by atoms with Gasteiger partial charge in [0.15, 0.2) is 0 Å². The molecule has 1 aliphatic heterocycles. The van der Waals surface area contributed by atoms with Crippen molar-refractivity contribution in [1.82, 2.24) is 9.80 Å². The number of nitro benzene ring substituents is 1. The number of amides is 1. The van der Waals surface area contributed by atoms with Gasteiger partial charge in [-0.2, -0.15) is 0 Å². The average molecular weight is 468 g/mol. The van der Waals surface area contributed by atoms with Crippen molar-refractivity contribution in [2.24, 2.45) is 0 Å². The Hall–Kier alpha value is -3.72. The molecule has 1 heterocycles. The predicted octanol–water partition coefficient (Wildman–Crippen LogP) is 3.76. The van der Waals surface area contributed by atoms with E-state index in [1.807, 2.05) is 0 Å². The number of carbonyl (C=O) groups is 2. The fourth-order valence-electron chi connectivity index (χ4n) is 4.17. The summed E-state index contributed by atoms with van der Waals surface area (Å²) < 4.78 is 5.22. The fraction of sp³-hybridized carbons (Fsp3) is 0.360. The molecule has 9 nitrogen and oxygen atoms in total. The normalized spacial score (nSPS) is 17.4. The molecule has 1 saturated heterocycles. The van der Waals surface area contributed by atoms with Crippen molar-refractivity contribution in [1.29, 1.82) is 0 Å². The lowest BCUT2D eigenvalue weighted by molar-refractivity contribution is -0.384. The maximum Gasteiger partial charge on any atom is 0.295 e. The minimum atomic E-state index is -0.858. The van der Waals surface area contributed by atoms with Crippen molar-refractivity contribution in [3.05, 3.63) is 75.3 Å². The van der Waals surface area contributed by atoms with Gasteiger partial charge in [0, 0.05) is 24.2 Å². The van der Waals surface area contributed by atoms with Gasteiger partial charge in [0.05, 0.1) is 23.6 Å². The molecular weight excluding hydrogens is 438 g/mol. The van der Waals surface area contributed by atoms with Crippen LogP contribution in [0.3, 0.4) is 0 Å². The number of nitro groups is 1. The molecule has 0 bridgehead atoms. The van der Waals surface area contributed by atoms with Crippen LogP contribution >= 0.6 is 0 Å². The Morgan fingerprint density at radius 2 is 1.82 bits per heavy atom. The summed E-state index contributed by atoms with van der Waals surface area (Å²) in [6.45, 7) is 6.91. The van der Waals surface area contributed by atoms with Gasteiger partial charge in [-0.15, -0.1) is 0 Å². The van der Waals surface area contributed by atoms with Gasteiger partial charge in [-0.25, -0.2) is 0 Å². The number of hydrogen-bond acceptors (Lipinski definition) is 7. The number of aliphatic hydroxyl groups excluding tert-OH is 1.